The number of halogens is 1. The first kappa shape index (κ1) is 24.2. The highest BCUT2D eigenvalue weighted by molar-refractivity contribution is 7.95. The summed E-state index contributed by atoms with van der Waals surface area (Å²) in [4.78, 5) is 12.7. The van der Waals surface area contributed by atoms with Gasteiger partial charge >= 0.3 is 0 Å². The number of rotatable bonds is 6. The second-order valence-corrected chi connectivity index (χ2v) is 9.99. The highest BCUT2D eigenvalue weighted by atomic mass is 32.2. The van der Waals surface area contributed by atoms with Crippen molar-refractivity contribution in [1.82, 2.24) is 4.57 Å². The Balaban J connectivity index is 1.97. The van der Waals surface area contributed by atoms with Crippen molar-refractivity contribution in [2.75, 3.05) is 10.0 Å². The zero-order valence-corrected chi connectivity index (χ0v) is 20.7. The van der Waals surface area contributed by atoms with Gasteiger partial charge in [0.15, 0.2) is 0 Å². The van der Waals surface area contributed by atoms with Crippen LogP contribution in [0.15, 0.2) is 77.1 Å². The maximum atomic E-state index is 13.9. The number of hydrogen-bond donors (Lipinski definition) is 2. The van der Waals surface area contributed by atoms with E-state index in [4.69, 9.17) is 0 Å². The Labute approximate surface area is 203 Å². The van der Waals surface area contributed by atoms with Crippen LogP contribution in [0.2, 0.25) is 0 Å². The largest absolute Gasteiger partial charge is 0.355 e. The topological polar surface area (TPSA) is 80.2 Å². The fraction of sp³-hybridized carbons (Fsp3) is 0.148. The Morgan fingerprint density at radius 2 is 1.60 bits per heavy atom. The number of anilines is 3. The first-order valence-corrected chi connectivity index (χ1v) is 12.6. The molecular formula is C27H26FN3O3S. The van der Waals surface area contributed by atoms with E-state index in [-0.39, 0.29) is 11.4 Å². The number of pyridine rings is 1. The molecule has 0 aliphatic heterocycles. The molecule has 4 aromatic rings. The fourth-order valence-corrected chi connectivity index (χ4v) is 5.07. The van der Waals surface area contributed by atoms with E-state index in [2.05, 4.69) is 10.0 Å². The average molecular weight is 492 g/mol. The molecule has 0 saturated heterocycles. The summed E-state index contributed by atoms with van der Waals surface area (Å²) in [5.74, 6) is -0.316. The number of aromatic nitrogens is 1. The summed E-state index contributed by atoms with van der Waals surface area (Å²) in [6.45, 7) is 5.26. The molecule has 0 bridgehead atoms. The molecule has 0 aliphatic carbocycles. The number of allylic oxidation sites excluding steroid dienone is 1. The number of sulfonamides is 1. The molecule has 6 nitrogen and oxygen atoms in total. The van der Waals surface area contributed by atoms with E-state index in [1.807, 2.05) is 26.0 Å². The molecule has 0 fully saturated rings. The van der Waals surface area contributed by atoms with Gasteiger partial charge in [-0.15, -0.1) is 0 Å². The van der Waals surface area contributed by atoms with Gasteiger partial charge in [-0.25, -0.2) is 12.8 Å². The van der Waals surface area contributed by atoms with Gasteiger partial charge in [-0.05, 0) is 73.7 Å². The highest BCUT2D eigenvalue weighted by Crippen LogP contribution is 2.37. The SMILES string of the molecule is C/C=C/S(=O)(=O)Nc1ccc(Nc2c(C)cc(F)cc2C)c(-c2cn(C)c(=O)c3ccccc23)c1. The van der Waals surface area contributed by atoms with E-state index in [1.165, 1.54) is 22.8 Å². The fourth-order valence-electron chi connectivity index (χ4n) is 4.19. The van der Waals surface area contributed by atoms with Gasteiger partial charge in [0, 0.05) is 52.2 Å². The number of benzene rings is 3. The van der Waals surface area contributed by atoms with Crippen LogP contribution in [-0.2, 0) is 17.1 Å². The molecule has 0 unspecified atom stereocenters. The van der Waals surface area contributed by atoms with Crippen molar-refractivity contribution in [1.29, 1.82) is 0 Å². The Bertz CT molecular complexity index is 1620. The van der Waals surface area contributed by atoms with E-state index >= 15 is 0 Å². The van der Waals surface area contributed by atoms with Gasteiger partial charge in [0.05, 0.1) is 0 Å². The molecule has 0 spiro atoms. The Kier molecular flexibility index (Phi) is 6.49. The van der Waals surface area contributed by atoms with Crippen molar-refractivity contribution in [2.45, 2.75) is 20.8 Å². The van der Waals surface area contributed by atoms with Crippen LogP contribution in [0.4, 0.5) is 21.5 Å². The third kappa shape index (κ3) is 4.97. The minimum Gasteiger partial charge on any atom is -0.355 e. The lowest BCUT2D eigenvalue weighted by Gasteiger charge is -2.19. The normalized spacial score (nSPS) is 11.8. The molecule has 0 aliphatic rings. The van der Waals surface area contributed by atoms with Crippen molar-refractivity contribution in [3.63, 3.8) is 0 Å². The standard InChI is InChI=1S/C27H26FN3O3S/c1-5-12-35(33,34)30-20-10-11-25(29-26-17(2)13-19(28)14-18(26)3)23(15-20)24-16-31(4)27(32)22-9-7-6-8-21(22)24/h5-16,29-30H,1-4H3/b12-5+. The lowest BCUT2D eigenvalue weighted by Crippen LogP contribution is -2.16. The lowest BCUT2D eigenvalue weighted by molar-refractivity contribution is 0.609. The summed E-state index contributed by atoms with van der Waals surface area (Å²) in [5.41, 5.74) is 4.57. The minimum absolute atomic E-state index is 0.131. The van der Waals surface area contributed by atoms with E-state index < -0.39 is 10.0 Å². The monoisotopic (exact) mass is 491 g/mol. The van der Waals surface area contributed by atoms with Crippen molar-refractivity contribution in [2.24, 2.45) is 7.05 Å². The van der Waals surface area contributed by atoms with Crippen molar-refractivity contribution >= 4 is 37.9 Å². The molecule has 35 heavy (non-hydrogen) atoms. The second kappa shape index (κ2) is 9.38. The number of fused-ring (bicyclic) bond motifs is 1. The van der Waals surface area contributed by atoms with Crippen LogP contribution in [0, 0.1) is 19.7 Å². The van der Waals surface area contributed by atoms with E-state index in [9.17, 15) is 17.6 Å². The third-order valence-electron chi connectivity index (χ3n) is 5.73. The Morgan fingerprint density at radius 1 is 0.943 bits per heavy atom. The summed E-state index contributed by atoms with van der Waals surface area (Å²) in [6.07, 6.45) is 3.18. The summed E-state index contributed by atoms with van der Waals surface area (Å²) in [5, 5.41) is 5.78. The molecule has 0 saturated carbocycles. The molecule has 0 radical (unpaired) electrons. The van der Waals surface area contributed by atoms with Crippen molar-refractivity contribution in [3.05, 3.63) is 99.6 Å². The molecule has 180 valence electrons. The molecule has 1 heterocycles. The number of nitrogens with one attached hydrogen (secondary N) is 2. The number of aryl methyl sites for hydroxylation is 3. The summed E-state index contributed by atoms with van der Waals surface area (Å²) in [7, 11) is -2.00. The smallest absolute Gasteiger partial charge is 0.258 e. The molecule has 4 rings (SSSR count). The minimum atomic E-state index is -3.68. The number of hydrogen-bond acceptors (Lipinski definition) is 4. The molecular weight excluding hydrogens is 465 g/mol. The van der Waals surface area contributed by atoms with Crippen molar-refractivity contribution < 1.29 is 12.8 Å². The maximum Gasteiger partial charge on any atom is 0.258 e. The first-order chi connectivity index (χ1) is 16.6. The van der Waals surface area contributed by atoms with Gasteiger partial charge in [0.25, 0.3) is 15.6 Å². The summed E-state index contributed by atoms with van der Waals surface area (Å²) >= 11 is 0. The Hall–Kier alpha value is -3.91. The third-order valence-corrected chi connectivity index (χ3v) is 6.88. The van der Waals surface area contributed by atoms with Crippen molar-refractivity contribution in [3.8, 4) is 11.1 Å². The molecule has 0 atom stereocenters. The van der Waals surface area contributed by atoms with Crippen LogP contribution in [-0.4, -0.2) is 13.0 Å². The van der Waals surface area contributed by atoms with Gasteiger partial charge in [-0.1, -0.05) is 24.3 Å². The summed E-state index contributed by atoms with van der Waals surface area (Å²) < 4.78 is 42.7. The molecule has 1 aromatic heterocycles. The van der Waals surface area contributed by atoms with Crippen LogP contribution in [0.5, 0.6) is 0 Å². The van der Waals surface area contributed by atoms with Crippen LogP contribution in [0.25, 0.3) is 21.9 Å². The van der Waals surface area contributed by atoms with Crippen LogP contribution >= 0.6 is 0 Å². The lowest BCUT2D eigenvalue weighted by atomic mass is 9.98. The molecule has 3 aromatic carbocycles. The van der Waals surface area contributed by atoms with E-state index in [1.54, 1.807) is 50.5 Å². The molecule has 0 amide bonds. The second-order valence-electron chi connectivity index (χ2n) is 8.42. The van der Waals surface area contributed by atoms with Crippen LogP contribution in [0.3, 0.4) is 0 Å². The Morgan fingerprint density at radius 3 is 2.26 bits per heavy atom. The highest BCUT2D eigenvalue weighted by Gasteiger charge is 2.16. The van der Waals surface area contributed by atoms with Gasteiger partial charge < -0.3 is 9.88 Å². The van der Waals surface area contributed by atoms with Gasteiger partial charge in [0.2, 0.25) is 0 Å². The predicted molar refractivity (Wildman–Crippen MR) is 141 cm³/mol. The van der Waals surface area contributed by atoms with Crippen LogP contribution in [0.1, 0.15) is 18.1 Å². The van der Waals surface area contributed by atoms with E-state index in [0.29, 0.717) is 22.3 Å². The predicted octanol–water partition coefficient (Wildman–Crippen LogP) is 5.98. The zero-order chi connectivity index (χ0) is 25.3. The van der Waals surface area contributed by atoms with E-state index in [0.717, 1.165) is 33.2 Å². The van der Waals surface area contributed by atoms with Crippen LogP contribution < -0.4 is 15.6 Å². The molecule has 8 heteroatoms. The quantitative estimate of drug-likeness (QED) is 0.348. The zero-order valence-electron chi connectivity index (χ0n) is 19.9. The maximum absolute atomic E-state index is 13.9. The number of nitrogens with zero attached hydrogens (tertiary/aromatic N) is 1. The molecule has 2 N–H and O–H groups in total. The summed E-state index contributed by atoms with van der Waals surface area (Å²) in [6, 6.07) is 15.3. The van der Waals surface area contributed by atoms with Gasteiger partial charge in [-0.3, -0.25) is 9.52 Å². The van der Waals surface area contributed by atoms with Gasteiger partial charge in [0.1, 0.15) is 5.82 Å². The van der Waals surface area contributed by atoms with Gasteiger partial charge in [-0.2, -0.15) is 0 Å². The average Bonchev–Trinajstić information content (AvgIpc) is 2.79. The first-order valence-electron chi connectivity index (χ1n) is 11.0.